The smallest absolute Gasteiger partial charge is 0.111 e. The van der Waals surface area contributed by atoms with E-state index in [4.69, 9.17) is 0 Å². The van der Waals surface area contributed by atoms with Crippen LogP contribution in [0.4, 0.5) is 0 Å². The van der Waals surface area contributed by atoms with E-state index < -0.39 is 0 Å². The lowest BCUT2D eigenvalue weighted by molar-refractivity contribution is 0.258. The maximum atomic E-state index is 9.37. The molecule has 0 saturated heterocycles. The lowest BCUT2D eigenvalue weighted by Crippen LogP contribution is -2.04. The summed E-state index contributed by atoms with van der Waals surface area (Å²) in [5.41, 5.74) is 3.35. The summed E-state index contributed by atoms with van der Waals surface area (Å²) in [6.45, 7) is 2.18. The van der Waals surface area contributed by atoms with Crippen molar-refractivity contribution in [1.82, 2.24) is 14.5 Å². The van der Waals surface area contributed by atoms with Crippen molar-refractivity contribution in [2.45, 2.75) is 19.3 Å². The van der Waals surface area contributed by atoms with Crippen molar-refractivity contribution in [3.63, 3.8) is 0 Å². The highest BCUT2D eigenvalue weighted by Crippen LogP contribution is 2.29. The largest absolute Gasteiger partial charge is 0.396 e. The summed E-state index contributed by atoms with van der Waals surface area (Å²) >= 11 is 0. The van der Waals surface area contributed by atoms with E-state index in [9.17, 15) is 5.11 Å². The number of hydrogen-bond donors (Lipinski definition) is 2. The quantitative estimate of drug-likeness (QED) is 0.765. The molecular weight excluding hydrogens is 250 g/mol. The Morgan fingerprint density at radius 2 is 2.15 bits per heavy atom. The number of nitrogens with zero attached hydrogens (tertiary/aromatic N) is 2. The molecule has 0 aliphatic heterocycles. The van der Waals surface area contributed by atoms with Crippen LogP contribution in [0, 0.1) is 0 Å². The van der Waals surface area contributed by atoms with Gasteiger partial charge in [0.1, 0.15) is 5.82 Å². The summed E-state index contributed by atoms with van der Waals surface area (Å²) < 4.78 is 2.12. The molecule has 0 amide bonds. The molecule has 20 heavy (non-hydrogen) atoms. The second-order valence-corrected chi connectivity index (χ2v) is 5.14. The first-order valence-corrected chi connectivity index (χ1v) is 6.94. The van der Waals surface area contributed by atoms with Crippen molar-refractivity contribution in [2.75, 3.05) is 6.61 Å². The minimum absolute atomic E-state index is 0.0822. The molecule has 2 heterocycles. The Morgan fingerprint density at radius 3 is 2.90 bits per heavy atom. The zero-order valence-corrected chi connectivity index (χ0v) is 11.8. The molecule has 0 aliphatic carbocycles. The van der Waals surface area contributed by atoms with Gasteiger partial charge in [-0.2, -0.15) is 0 Å². The lowest BCUT2D eigenvalue weighted by atomic mass is 10.1. The zero-order valence-electron chi connectivity index (χ0n) is 11.8. The van der Waals surface area contributed by atoms with Crippen LogP contribution in [-0.2, 0) is 7.05 Å². The summed E-state index contributed by atoms with van der Waals surface area (Å²) in [5, 5.41) is 10.6. The molecule has 0 spiro atoms. The Kier molecular flexibility index (Phi) is 3.32. The molecule has 0 bridgehead atoms. The molecule has 2 N–H and O–H groups in total. The Bertz CT molecular complexity index is 722. The first-order valence-electron chi connectivity index (χ1n) is 6.94. The first kappa shape index (κ1) is 12.9. The number of benzene rings is 1. The van der Waals surface area contributed by atoms with Crippen LogP contribution in [0.25, 0.3) is 22.2 Å². The molecule has 104 valence electrons. The maximum absolute atomic E-state index is 9.37. The van der Waals surface area contributed by atoms with E-state index >= 15 is 0 Å². The fourth-order valence-electron chi connectivity index (χ4n) is 2.65. The van der Waals surface area contributed by atoms with Gasteiger partial charge in [-0.15, -0.1) is 0 Å². The van der Waals surface area contributed by atoms with Crippen molar-refractivity contribution >= 4 is 10.9 Å². The Labute approximate surface area is 118 Å². The Morgan fingerprint density at radius 1 is 1.35 bits per heavy atom. The van der Waals surface area contributed by atoms with Crippen molar-refractivity contribution < 1.29 is 5.11 Å². The van der Waals surface area contributed by atoms with Gasteiger partial charge in [-0.25, -0.2) is 4.98 Å². The number of aliphatic hydroxyl groups is 1. The number of aromatic nitrogens is 3. The van der Waals surface area contributed by atoms with Gasteiger partial charge >= 0.3 is 0 Å². The van der Waals surface area contributed by atoms with E-state index in [0.717, 1.165) is 23.5 Å². The van der Waals surface area contributed by atoms with Crippen molar-refractivity contribution in [3.05, 3.63) is 42.5 Å². The van der Waals surface area contributed by atoms with Crippen LogP contribution in [0.5, 0.6) is 0 Å². The highest BCUT2D eigenvalue weighted by molar-refractivity contribution is 5.95. The number of nitrogens with one attached hydrogen (secondary N) is 1. The molecule has 1 atom stereocenters. The fraction of sp³-hybridized carbons (Fsp3) is 0.312. The topological polar surface area (TPSA) is 53.8 Å². The van der Waals surface area contributed by atoms with Gasteiger partial charge in [-0.3, -0.25) is 0 Å². The molecule has 0 saturated carbocycles. The van der Waals surface area contributed by atoms with Gasteiger partial charge in [0.25, 0.3) is 0 Å². The standard InChI is InChI=1S/C16H19N3O/c1-3-11(10-20)16-17-8-14(18-16)13-9-19(2)15-7-5-4-6-12(13)15/h4-9,11,20H,3,10H2,1-2H3,(H,17,18). The third-order valence-corrected chi connectivity index (χ3v) is 3.88. The normalized spacial score (nSPS) is 12.9. The fourth-order valence-corrected chi connectivity index (χ4v) is 2.65. The van der Waals surface area contributed by atoms with E-state index in [2.05, 4.69) is 39.8 Å². The van der Waals surface area contributed by atoms with Gasteiger partial charge in [0.15, 0.2) is 0 Å². The molecule has 4 nitrogen and oxygen atoms in total. The molecule has 2 aromatic heterocycles. The second kappa shape index (κ2) is 5.13. The van der Waals surface area contributed by atoms with Gasteiger partial charge in [0, 0.05) is 35.6 Å². The zero-order chi connectivity index (χ0) is 14.1. The maximum Gasteiger partial charge on any atom is 0.111 e. The van der Waals surface area contributed by atoms with Crippen LogP contribution in [0.1, 0.15) is 25.1 Å². The monoisotopic (exact) mass is 269 g/mol. The third kappa shape index (κ3) is 2.02. The highest BCUT2D eigenvalue weighted by Gasteiger charge is 2.15. The second-order valence-electron chi connectivity index (χ2n) is 5.14. The molecule has 1 aromatic carbocycles. The van der Waals surface area contributed by atoms with Gasteiger partial charge < -0.3 is 14.7 Å². The molecule has 3 aromatic rings. The van der Waals surface area contributed by atoms with E-state index in [1.165, 1.54) is 10.9 Å². The Balaban J connectivity index is 2.08. The highest BCUT2D eigenvalue weighted by atomic mass is 16.3. The summed E-state index contributed by atoms with van der Waals surface area (Å²) in [4.78, 5) is 7.78. The van der Waals surface area contributed by atoms with Crippen LogP contribution >= 0.6 is 0 Å². The van der Waals surface area contributed by atoms with Crippen LogP contribution in [-0.4, -0.2) is 26.2 Å². The number of aromatic amines is 1. The molecule has 0 radical (unpaired) electrons. The van der Waals surface area contributed by atoms with E-state index in [1.54, 1.807) is 0 Å². The lowest BCUT2D eigenvalue weighted by Gasteiger charge is -2.06. The summed E-state index contributed by atoms with van der Waals surface area (Å²) in [5.74, 6) is 0.941. The summed E-state index contributed by atoms with van der Waals surface area (Å²) in [7, 11) is 2.05. The van der Waals surface area contributed by atoms with Crippen molar-refractivity contribution in [3.8, 4) is 11.3 Å². The predicted molar refractivity (Wildman–Crippen MR) is 80.6 cm³/mol. The van der Waals surface area contributed by atoms with Crippen LogP contribution in [0.15, 0.2) is 36.7 Å². The number of H-pyrrole nitrogens is 1. The number of aryl methyl sites for hydroxylation is 1. The van der Waals surface area contributed by atoms with E-state index in [0.29, 0.717) is 0 Å². The van der Waals surface area contributed by atoms with Gasteiger partial charge in [0.2, 0.25) is 0 Å². The van der Waals surface area contributed by atoms with E-state index in [1.807, 2.05) is 25.4 Å². The molecular formula is C16H19N3O. The third-order valence-electron chi connectivity index (χ3n) is 3.88. The number of imidazole rings is 1. The average Bonchev–Trinajstić information content (AvgIpc) is 3.06. The van der Waals surface area contributed by atoms with Crippen molar-refractivity contribution in [2.24, 2.45) is 7.05 Å². The van der Waals surface area contributed by atoms with Gasteiger partial charge in [-0.1, -0.05) is 25.1 Å². The number of aliphatic hydroxyl groups excluding tert-OH is 1. The van der Waals surface area contributed by atoms with Crippen molar-refractivity contribution in [1.29, 1.82) is 0 Å². The number of hydrogen-bond acceptors (Lipinski definition) is 2. The average molecular weight is 269 g/mol. The molecule has 0 fully saturated rings. The Hall–Kier alpha value is -2.07. The number of rotatable bonds is 4. The summed E-state index contributed by atoms with van der Waals surface area (Å²) in [6.07, 6.45) is 4.84. The summed E-state index contributed by atoms with van der Waals surface area (Å²) in [6, 6.07) is 8.32. The number of para-hydroxylation sites is 1. The molecule has 4 heteroatoms. The SMILES string of the molecule is CCC(CO)c1ncc(-c2cn(C)c3ccccc23)[nH]1. The van der Waals surface area contributed by atoms with E-state index in [-0.39, 0.29) is 12.5 Å². The van der Waals surface area contributed by atoms with Gasteiger partial charge in [0.05, 0.1) is 18.5 Å². The minimum Gasteiger partial charge on any atom is -0.396 e. The first-order chi connectivity index (χ1) is 9.74. The molecule has 1 unspecified atom stereocenters. The number of fused-ring (bicyclic) bond motifs is 1. The molecule has 0 aliphatic rings. The van der Waals surface area contributed by atoms with Crippen LogP contribution in [0.3, 0.4) is 0 Å². The molecule has 3 rings (SSSR count). The minimum atomic E-state index is 0.0822. The van der Waals surface area contributed by atoms with Crippen LogP contribution in [0.2, 0.25) is 0 Å². The predicted octanol–water partition coefficient (Wildman–Crippen LogP) is 3.05. The van der Waals surface area contributed by atoms with Gasteiger partial charge in [-0.05, 0) is 12.5 Å². The van der Waals surface area contributed by atoms with Crippen LogP contribution < -0.4 is 0 Å².